The standard InChI is InChI=1S/C8H12O2S/c9-7-2-1-6-5-11-4-3-8(6,7)10/h6,10H,1-5H2/t6-,8-/m1/s1. The Morgan fingerprint density at radius 1 is 1.64 bits per heavy atom. The molecular formula is C8H12O2S. The predicted octanol–water partition coefficient (Wildman–Crippen LogP) is 0.833. The fourth-order valence-electron chi connectivity index (χ4n) is 2.01. The van der Waals surface area contributed by atoms with E-state index >= 15 is 0 Å². The zero-order chi connectivity index (χ0) is 7.90. The quantitative estimate of drug-likeness (QED) is 0.588. The van der Waals surface area contributed by atoms with E-state index in [4.69, 9.17) is 0 Å². The number of rotatable bonds is 0. The lowest BCUT2D eigenvalue weighted by molar-refractivity contribution is -0.136. The average Bonchev–Trinajstić information content (AvgIpc) is 2.29. The molecule has 0 radical (unpaired) electrons. The van der Waals surface area contributed by atoms with Crippen molar-refractivity contribution in [1.82, 2.24) is 0 Å². The minimum atomic E-state index is -0.911. The number of aliphatic hydroxyl groups is 1. The van der Waals surface area contributed by atoms with E-state index in [0.717, 1.165) is 17.9 Å². The van der Waals surface area contributed by atoms with Crippen molar-refractivity contribution < 1.29 is 9.90 Å². The van der Waals surface area contributed by atoms with Crippen molar-refractivity contribution in [2.45, 2.75) is 24.9 Å². The smallest absolute Gasteiger partial charge is 0.164 e. The summed E-state index contributed by atoms with van der Waals surface area (Å²) >= 11 is 1.86. The van der Waals surface area contributed by atoms with Gasteiger partial charge in [0, 0.05) is 12.3 Å². The predicted molar refractivity (Wildman–Crippen MR) is 44.6 cm³/mol. The minimum absolute atomic E-state index is 0.0859. The normalized spacial score (nSPS) is 44.1. The van der Waals surface area contributed by atoms with Gasteiger partial charge >= 0.3 is 0 Å². The summed E-state index contributed by atoms with van der Waals surface area (Å²) in [6.07, 6.45) is 2.19. The van der Waals surface area contributed by atoms with Gasteiger partial charge in [0.15, 0.2) is 5.78 Å². The summed E-state index contributed by atoms with van der Waals surface area (Å²) in [6, 6.07) is 0. The van der Waals surface area contributed by atoms with Gasteiger partial charge in [0.25, 0.3) is 0 Å². The zero-order valence-corrected chi connectivity index (χ0v) is 7.19. The van der Waals surface area contributed by atoms with E-state index in [1.807, 2.05) is 11.8 Å². The molecule has 2 aliphatic rings. The monoisotopic (exact) mass is 172 g/mol. The van der Waals surface area contributed by atoms with Crippen LogP contribution in [0.4, 0.5) is 0 Å². The lowest BCUT2D eigenvalue weighted by Gasteiger charge is -2.32. The molecule has 1 aliphatic carbocycles. The maximum Gasteiger partial charge on any atom is 0.164 e. The van der Waals surface area contributed by atoms with Gasteiger partial charge in [0.2, 0.25) is 0 Å². The van der Waals surface area contributed by atoms with Crippen LogP contribution < -0.4 is 0 Å². The molecule has 0 spiro atoms. The number of thioether (sulfide) groups is 1. The highest BCUT2D eigenvalue weighted by Crippen LogP contribution is 2.41. The molecule has 2 fully saturated rings. The van der Waals surface area contributed by atoms with Crippen LogP contribution in [0.1, 0.15) is 19.3 Å². The minimum Gasteiger partial charge on any atom is -0.382 e. The molecule has 62 valence electrons. The Hall–Kier alpha value is -0.0200. The zero-order valence-electron chi connectivity index (χ0n) is 6.38. The van der Waals surface area contributed by atoms with Crippen molar-refractivity contribution in [3.05, 3.63) is 0 Å². The molecule has 2 atom stereocenters. The molecule has 1 aliphatic heterocycles. The first-order chi connectivity index (χ1) is 5.23. The first kappa shape index (κ1) is 7.62. The number of hydrogen-bond acceptors (Lipinski definition) is 3. The maximum atomic E-state index is 11.3. The van der Waals surface area contributed by atoms with Gasteiger partial charge in [-0.05, 0) is 24.3 Å². The molecule has 0 amide bonds. The van der Waals surface area contributed by atoms with E-state index in [0.29, 0.717) is 12.8 Å². The summed E-state index contributed by atoms with van der Waals surface area (Å²) in [7, 11) is 0. The lowest BCUT2D eigenvalue weighted by atomic mass is 9.88. The Bertz CT molecular complexity index is 193. The molecular weight excluding hydrogens is 160 g/mol. The Morgan fingerprint density at radius 3 is 3.18 bits per heavy atom. The van der Waals surface area contributed by atoms with Crippen molar-refractivity contribution in [3.8, 4) is 0 Å². The van der Waals surface area contributed by atoms with Crippen molar-refractivity contribution >= 4 is 17.5 Å². The molecule has 0 unspecified atom stereocenters. The number of carbonyl (C=O) groups is 1. The van der Waals surface area contributed by atoms with Crippen molar-refractivity contribution in [2.75, 3.05) is 11.5 Å². The molecule has 1 N–H and O–H groups in total. The fraction of sp³-hybridized carbons (Fsp3) is 0.875. The topological polar surface area (TPSA) is 37.3 Å². The summed E-state index contributed by atoms with van der Waals surface area (Å²) in [4.78, 5) is 11.3. The first-order valence-electron chi connectivity index (χ1n) is 4.07. The van der Waals surface area contributed by atoms with Gasteiger partial charge in [-0.15, -0.1) is 0 Å². The molecule has 11 heavy (non-hydrogen) atoms. The van der Waals surface area contributed by atoms with Gasteiger partial charge < -0.3 is 5.11 Å². The second-order valence-electron chi connectivity index (χ2n) is 3.41. The molecule has 3 heteroatoms. The van der Waals surface area contributed by atoms with E-state index in [1.165, 1.54) is 0 Å². The molecule has 2 rings (SSSR count). The maximum absolute atomic E-state index is 11.3. The largest absolute Gasteiger partial charge is 0.382 e. The Kier molecular flexibility index (Phi) is 1.72. The highest BCUT2D eigenvalue weighted by atomic mass is 32.2. The summed E-state index contributed by atoms with van der Waals surface area (Å²) in [5, 5.41) is 9.92. The van der Waals surface area contributed by atoms with Gasteiger partial charge in [-0.1, -0.05) is 0 Å². The third kappa shape index (κ3) is 1.02. The van der Waals surface area contributed by atoms with Crippen molar-refractivity contribution in [1.29, 1.82) is 0 Å². The summed E-state index contributed by atoms with van der Waals surface area (Å²) in [5.74, 6) is 2.26. The lowest BCUT2D eigenvalue weighted by Crippen LogP contribution is -2.44. The second kappa shape index (κ2) is 2.49. The molecule has 0 bridgehead atoms. The fourth-order valence-corrected chi connectivity index (χ4v) is 3.36. The Labute approximate surface area is 70.4 Å². The third-order valence-corrected chi connectivity index (χ3v) is 3.96. The molecule has 1 saturated heterocycles. The van der Waals surface area contributed by atoms with Crippen LogP contribution in [-0.2, 0) is 4.79 Å². The number of ketones is 1. The van der Waals surface area contributed by atoms with Crippen molar-refractivity contribution in [2.24, 2.45) is 5.92 Å². The Balaban J connectivity index is 2.23. The van der Waals surface area contributed by atoms with Gasteiger partial charge in [-0.3, -0.25) is 4.79 Å². The van der Waals surface area contributed by atoms with E-state index in [2.05, 4.69) is 0 Å². The highest BCUT2D eigenvalue weighted by molar-refractivity contribution is 7.99. The highest BCUT2D eigenvalue weighted by Gasteiger charge is 2.49. The van der Waals surface area contributed by atoms with E-state index in [1.54, 1.807) is 0 Å². The van der Waals surface area contributed by atoms with Crippen LogP contribution in [0.3, 0.4) is 0 Å². The second-order valence-corrected chi connectivity index (χ2v) is 4.56. The van der Waals surface area contributed by atoms with Gasteiger partial charge in [0.1, 0.15) is 5.60 Å². The van der Waals surface area contributed by atoms with Gasteiger partial charge in [-0.25, -0.2) is 0 Å². The van der Waals surface area contributed by atoms with E-state index in [-0.39, 0.29) is 11.7 Å². The third-order valence-electron chi connectivity index (χ3n) is 2.82. The van der Waals surface area contributed by atoms with Crippen LogP contribution in [0.15, 0.2) is 0 Å². The molecule has 0 aromatic rings. The average molecular weight is 172 g/mol. The van der Waals surface area contributed by atoms with Crippen LogP contribution in [0.5, 0.6) is 0 Å². The SMILES string of the molecule is O=C1CC[C@@H]2CSCC[C@]12O. The molecule has 1 saturated carbocycles. The number of fused-ring (bicyclic) bond motifs is 1. The van der Waals surface area contributed by atoms with Crippen LogP contribution in [0.25, 0.3) is 0 Å². The number of Topliss-reactive ketones (excluding diaryl/α,β-unsaturated/α-hetero) is 1. The molecule has 0 aromatic carbocycles. The summed E-state index contributed by atoms with van der Waals surface area (Å²) in [6.45, 7) is 0. The summed E-state index contributed by atoms with van der Waals surface area (Å²) < 4.78 is 0. The Morgan fingerprint density at radius 2 is 2.45 bits per heavy atom. The van der Waals surface area contributed by atoms with E-state index in [9.17, 15) is 9.90 Å². The van der Waals surface area contributed by atoms with Crippen LogP contribution >= 0.6 is 11.8 Å². The first-order valence-corrected chi connectivity index (χ1v) is 5.22. The van der Waals surface area contributed by atoms with Crippen LogP contribution in [-0.4, -0.2) is 28.0 Å². The van der Waals surface area contributed by atoms with Crippen molar-refractivity contribution in [3.63, 3.8) is 0 Å². The van der Waals surface area contributed by atoms with Crippen LogP contribution in [0, 0.1) is 5.92 Å². The van der Waals surface area contributed by atoms with Crippen LogP contribution in [0.2, 0.25) is 0 Å². The van der Waals surface area contributed by atoms with Gasteiger partial charge in [-0.2, -0.15) is 11.8 Å². The molecule has 2 nitrogen and oxygen atoms in total. The summed E-state index contributed by atoms with van der Waals surface area (Å²) in [5.41, 5.74) is -0.911. The number of hydrogen-bond donors (Lipinski definition) is 1. The number of carbonyl (C=O) groups excluding carboxylic acids is 1. The van der Waals surface area contributed by atoms with E-state index < -0.39 is 5.60 Å². The molecule has 0 aromatic heterocycles. The van der Waals surface area contributed by atoms with Gasteiger partial charge in [0.05, 0.1) is 0 Å². The molecule has 1 heterocycles.